The van der Waals surface area contributed by atoms with Crippen LogP contribution in [0.4, 0.5) is 0 Å². The molecule has 0 fully saturated rings. The molecule has 2 atom stereocenters. The zero-order chi connectivity index (χ0) is 65.1. The molecule has 14 nitrogen and oxygen atoms in total. The van der Waals surface area contributed by atoms with Crippen LogP contribution in [0.25, 0.3) is 65.6 Å². The summed E-state index contributed by atoms with van der Waals surface area (Å²) >= 11 is 0. The predicted molar refractivity (Wildman–Crippen MR) is 380 cm³/mol. The molecule has 15 aromatic rings. The fraction of sp³-hybridized carbons (Fsp3) is 0.143. The molecular formula is C84H66N8O6. The molecule has 8 bridgehead atoms. The van der Waals surface area contributed by atoms with Crippen LogP contribution in [-0.2, 0) is 69.9 Å². The van der Waals surface area contributed by atoms with Crippen molar-refractivity contribution in [1.29, 1.82) is 0 Å². The molecule has 0 saturated carbocycles. The molecule has 0 spiro atoms. The molecule has 0 amide bonds. The van der Waals surface area contributed by atoms with E-state index >= 15 is 0 Å². The first-order valence-electron chi connectivity index (χ1n) is 33.3. The van der Waals surface area contributed by atoms with E-state index in [-0.39, 0.29) is 32.3 Å². The Morgan fingerprint density at radius 2 is 0.806 bits per heavy atom. The minimum atomic E-state index is -0.410. The minimum absolute atomic E-state index is 0.135. The Hall–Kier alpha value is -12.0. The van der Waals surface area contributed by atoms with E-state index in [2.05, 4.69) is 192 Å². The molecule has 0 saturated heterocycles. The number of fused-ring (bicyclic) bond motifs is 12. The minimum Gasteiger partial charge on any atom is -0.487 e. The van der Waals surface area contributed by atoms with E-state index in [0.29, 0.717) is 61.7 Å². The molecular weight excluding hydrogens is 1220 g/mol. The molecule has 2 aliphatic rings. The number of allylic oxidation sites excluding steroid dienone is 2. The number of ether oxygens (including phenoxy) is 4. The van der Waals surface area contributed by atoms with Crippen molar-refractivity contribution in [3.63, 3.8) is 0 Å². The van der Waals surface area contributed by atoms with Gasteiger partial charge in [-0.05, 0) is 118 Å². The average Bonchev–Trinajstić information content (AvgIpc) is 1.05. The normalized spacial score (nSPS) is 14.5. The van der Waals surface area contributed by atoms with Crippen LogP contribution in [0.3, 0.4) is 0 Å². The number of aromatic nitrogens is 8. The molecule has 0 N–H and O–H groups in total. The summed E-state index contributed by atoms with van der Waals surface area (Å²) in [6, 6.07) is 82.0. The highest BCUT2D eigenvalue weighted by Crippen LogP contribution is 2.41. The lowest BCUT2D eigenvalue weighted by molar-refractivity contribution is 0.0237. The van der Waals surface area contributed by atoms with Gasteiger partial charge in [0.05, 0.1) is 31.6 Å². The molecule has 0 radical (unpaired) electrons. The van der Waals surface area contributed by atoms with Gasteiger partial charge in [0.25, 0.3) is 0 Å². The maximum atomic E-state index is 7.22. The third-order valence-electron chi connectivity index (χ3n) is 18.9. The second kappa shape index (κ2) is 26.7. The number of rotatable bonds is 18. The summed E-state index contributed by atoms with van der Waals surface area (Å²) in [6.45, 7) is 1.74. The molecule has 14 heteroatoms. The maximum absolute atomic E-state index is 7.22. The third-order valence-corrected chi connectivity index (χ3v) is 18.9. The molecule has 0 aliphatic heterocycles. The van der Waals surface area contributed by atoms with Crippen LogP contribution < -0.4 is 14.2 Å². The molecule has 478 valence electrons. The van der Waals surface area contributed by atoms with Gasteiger partial charge in [-0.2, -0.15) is 0 Å². The van der Waals surface area contributed by atoms with E-state index in [1.807, 2.05) is 94.6 Å². The summed E-state index contributed by atoms with van der Waals surface area (Å²) in [5.41, 5.74) is 14.1. The molecule has 98 heavy (non-hydrogen) atoms. The van der Waals surface area contributed by atoms with E-state index < -0.39 is 6.10 Å². The van der Waals surface area contributed by atoms with Crippen LogP contribution >= 0.6 is 0 Å². The van der Waals surface area contributed by atoms with Gasteiger partial charge in [0.15, 0.2) is 11.5 Å². The number of para-hydroxylation sites is 3. The van der Waals surface area contributed by atoms with Crippen LogP contribution in [0, 0.1) is 5.92 Å². The zero-order valence-corrected chi connectivity index (χ0v) is 53.7. The van der Waals surface area contributed by atoms with Crippen molar-refractivity contribution >= 4 is 43.1 Å². The topological polar surface area (TPSA) is 150 Å². The van der Waals surface area contributed by atoms with E-state index in [0.717, 1.165) is 78.7 Å². The SMILES string of the molecule is C1=CC2Cc3cccc(c3OCc3cn(Cc4c5ccccc5cc5ccccc45)nn3)Cc3cccc(c3OCc3cc(-c4ccccc4)no3)Cc3cccc(c3OCc3cn(Cc4c5ccccc5cc5ccccc45)nn3)CC(=C1)C2OCc1cc(-c2ccccc2)no1. The fourth-order valence-corrected chi connectivity index (χ4v) is 14.3. The van der Waals surface area contributed by atoms with E-state index in [9.17, 15) is 0 Å². The van der Waals surface area contributed by atoms with Gasteiger partial charge in [-0.1, -0.05) is 251 Å². The van der Waals surface area contributed by atoms with Crippen molar-refractivity contribution in [2.45, 2.75) is 71.3 Å². The number of hydrogen-bond donors (Lipinski definition) is 0. The predicted octanol–water partition coefficient (Wildman–Crippen LogP) is 17.6. The van der Waals surface area contributed by atoms with E-state index in [4.69, 9.17) is 48.6 Å². The highest BCUT2D eigenvalue weighted by atomic mass is 16.5. The summed E-state index contributed by atoms with van der Waals surface area (Å²) < 4.78 is 44.6. The lowest BCUT2D eigenvalue weighted by Crippen LogP contribution is -2.30. The van der Waals surface area contributed by atoms with Gasteiger partial charge < -0.3 is 28.0 Å². The number of hydrogen-bond acceptors (Lipinski definition) is 12. The standard InChI is InChI=1S/C84H66N8O6/c1-3-19-55(20-4-1)79-45-71(97-87-79)53-95-83-65-31-17-32-66(83)42-62-28-16-30-64(82(62)94-52-70-48-92(90-86-70)50-78-75-37-13-9-25-59(75)40-60-26-10-14-38-76(60)78)44-68-34-18-33-67(84(68)96-54-72-46-80(88-98-72)56-21-5-2-6-22-56)43-63-29-15-27-61(41-65)81(63)93-51-69-47-91(89-85-69)49-77-73-35-11-7-23-57(73)39-58-24-8-12-36-74(58)77/h1-40,45-48,65,83H,41-44,49-54H2. The molecule has 2 unspecified atom stereocenters. The Morgan fingerprint density at radius 3 is 1.29 bits per heavy atom. The van der Waals surface area contributed by atoms with Crippen LogP contribution in [0.2, 0.25) is 0 Å². The molecule has 4 aromatic heterocycles. The quantitative estimate of drug-likeness (QED) is 0.0752. The van der Waals surface area contributed by atoms with E-state index in [1.165, 1.54) is 54.2 Å². The third kappa shape index (κ3) is 12.4. The number of nitrogens with zero attached hydrogens (tertiary/aromatic N) is 8. The van der Waals surface area contributed by atoms with E-state index in [1.54, 1.807) is 0 Å². The van der Waals surface area contributed by atoms with Gasteiger partial charge in [0.1, 0.15) is 66.5 Å². The largest absolute Gasteiger partial charge is 0.487 e. The smallest absolute Gasteiger partial charge is 0.174 e. The van der Waals surface area contributed by atoms with Crippen molar-refractivity contribution in [2.75, 3.05) is 0 Å². The van der Waals surface area contributed by atoms with Crippen molar-refractivity contribution in [2.24, 2.45) is 5.92 Å². The lowest BCUT2D eigenvalue weighted by Gasteiger charge is -2.31. The van der Waals surface area contributed by atoms with Crippen molar-refractivity contribution in [1.82, 2.24) is 40.3 Å². The first-order valence-corrected chi connectivity index (χ1v) is 33.3. The number of benzene rings is 11. The zero-order valence-electron chi connectivity index (χ0n) is 53.7. The Bertz CT molecular complexity index is 5370. The summed E-state index contributed by atoms with van der Waals surface area (Å²) in [5, 5.41) is 37.4. The first-order chi connectivity index (χ1) is 48.5. The Kier molecular flexibility index (Phi) is 16.2. The summed E-state index contributed by atoms with van der Waals surface area (Å²) in [5.74, 6) is 3.32. The maximum Gasteiger partial charge on any atom is 0.174 e. The second-order valence-electron chi connectivity index (χ2n) is 25.3. The average molecular weight is 1280 g/mol. The van der Waals surface area contributed by atoms with Gasteiger partial charge >= 0.3 is 0 Å². The molecule has 11 aromatic carbocycles. The first kappa shape index (κ1) is 59.7. The van der Waals surface area contributed by atoms with Crippen molar-refractivity contribution in [3.05, 3.63) is 340 Å². The molecule has 17 rings (SSSR count). The van der Waals surface area contributed by atoms with Crippen molar-refractivity contribution < 1.29 is 28.0 Å². The highest BCUT2D eigenvalue weighted by molar-refractivity contribution is 6.03. The van der Waals surface area contributed by atoms with Crippen LogP contribution in [0.1, 0.15) is 67.4 Å². The Morgan fingerprint density at radius 1 is 0.398 bits per heavy atom. The highest BCUT2D eigenvalue weighted by Gasteiger charge is 2.31. The lowest BCUT2D eigenvalue weighted by atomic mass is 9.82. The van der Waals surface area contributed by atoms with Gasteiger partial charge in [0, 0.05) is 42.0 Å². The Balaban J connectivity index is 0.738. The van der Waals surface area contributed by atoms with Crippen molar-refractivity contribution in [3.8, 4) is 39.8 Å². The summed E-state index contributed by atoms with van der Waals surface area (Å²) in [4.78, 5) is 0. The van der Waals surface area contributed by atoms with Gasteiger partial charge in [-0.25, -0.2) is 9.36 Å². The summed E-state index contributed by atoms with van der Waals surface area (Å²) in [7, 11) is 0. The summed E-state index contributed by atoms with van der Waals surface area (Å²) in [6.07, 6.45) is 12.2. The molecule has 4 heterocycles. The van der Waals surface area contributed by atoms with Gasteiger partial charge in [0.2, 0.25) is 0 Å². The van der Waals surface area contributed by atoms with Crippen LogP contribution in [-0.4, -0.2) is 46.4 Å². The van der Waals surface area contributed by atoms with Crippen LogP contribution in [0.5, 0.6) is 17.2 Å². The Labute approximate surface area is 565 Å². The second-order valence-corrected chi connectivity index (χ2v) is 25.3. The molecule has 2 aliphatic carbocycles. The fourth-order valence-electron chi connectivity index (χ4n) is 14.3. The van der Waals surface area contributed by atoms with Crippen LogP contribution in [0.15, 0.2) is 282 Å². The monoisotopic (exact) mass is 1280 g/mol. The van der Waals surface area contributed by atoms with Gasteiger partial charge in [-0.15, -0.1) is 10.2 Å². The van der Waals surface area contributed by atoms with Gasteiger partial charge in [-0.3, -0.25) is 0 Å².